The molecule has 7 aromatic carbocycles. The second kappa shape index (κ2) is 12.1. The Morgan fingerprint density at radius 1 is 0.333 bits per heavy atom. The molecule has 0 N–H and O–H groups in total. The van der Waals surface area contributed by atoms with Crippen LogP contribution in [0.1, 0.15) is 0 Å². The van der Waals surface area contributed by atoms with Crippen LogP contribution in [-0.2, 0) is 0 Å². The molecule has 0 aliphatic carbocycles. The molecule has 4 heterocycles. The van der Waals surface area contributed by atoms with Crippen molar-refractivity contribution in [3.63, 3.8) is 0 Å². The first-order valence-corrected chi connectivity index (χ1v) is 18.0. The van der Waals surface area contributed by atoms with E-state index in [1.165, 1.54) is 0 Å². The molecule has 0 atom stereocenters. The van der Waals surface area contributed by atoms with Gasteiger partial charge < -0.3 is 8.83 Å². The first kappa shape index (κ1) is 30.2. The summed E-state index contributed by atoms with van der Waals surface area (Å²) in [7, 11) is 0. The maximum absolute atomic E-state index is 6.31. The quantitative estimate of drug-likeness (QED) is 0.174. The zero-order chi connectivity index (χ0) is 35.6. The standard InChI is InChI=1S/C48H30N4O2/c1-3-8-31(9-4-1)47-49-22-24-51(47)37-16-20-45-41(29-37)39-27-35(14-18-43(39)53-45)33-12-7-13-34(26-33)36-15-19-44-40(28-36)42-30-38(17-21-46(42)54-44)52-25-23-50-48(52)32-10-5-2-6-11-32/h1-30H. The van der Waals surface area contributed by atoms with Gasteiger partial charge in [-0.05, 0) is 89.0 Å². The van der Waals surface area contributed by atoms with Gasteiger partial charge in [0, 0.05) is 68.8 Å². The Kier molecular flexibility index (Phi) is 6.75. The average molecular weight is 695 g/mol. The van der Waals surface area contributed by atoms with E-state index in [1.54, 1.807) is 0 Å². The van der Waals surface area contributed by atoms with Gasteiger partial charge in [-0.25, -0.2) is 9.97 Å². The van der Waals surface area contributed by atoms with Gasteiger partial charge in [-0.15, -0.1) is 0 Å². The molecule has 0 radical (unpaired) electrons. The highest BCUT2D eigenvalue weighted by Crippen LogP contribution is 2.38. The van der Waals surface area contributed by atoms with Crippen LogP contribution >= 0.6 is 0 Å². The minimum atomic E-state index is 0.856. The van der Waals surface area contributed by atoms with Gasteiger partial charge >= 0.3 is 0 Å². The Hall–Kier alpha value is -7.44. The van der Waals surface area contributed by atoms with E-state index in [0.29, 0.717) is 0 Å². The number of furan rings is 2. The molecule has 11 aromatic rings. The molecule has 0 amide bonds. The molecule has 254 valence electrons. The lowest BCUT2D eigenvalue weighted by atomic mass is 9.97. The van der Waals surface area contributed by atoms with Crippen LogP contribution in [0.4, 0.5) is 0 Å². The maximum atomic E-state index is 6.31. The van der Waals surface area contributed by atoms with Crippen LogP contribution in [0.5, 0.6) is 0 Å². The fourth-order valence-corrected chi connectivity index (χ4v) is 7.69. The summed E-state index contributed by atoms with van der Waals surface area (Å²) in [6.07, 6.45) is 7.70. The van der Waals surface area contributed by atoms with Gasteiger partial charge in [0.15, 0.2) is 0 Å². The summed E-state index contributed by atoms with van der Waals surface area (Å²) in [5.74, 6) is 1.80. The molecule has 0 fully saturated rings. The Labute approximate surface area is 309 Å². The summed E-state index contributed by atoms with van der Waals surface area (Å²) < 4.78 is 16.9. The van der Waals surface area contributed by atoms with Gasteiger partial charge in [0.1, 0.15) is 34.0 Å². The molecular formula is C48H30N4O2. The Balaban J connectivity index is 0.963. The number of nitrogens with zero attached hydrogens (tertiary/aromatic N) is 4. The van der Waals surface area contributed by atoms with Crippen LogP contribution in [0.2, 0.25) is 0 Å². The van der Waals surface area contributed by atoms with Crippen molar-refractivity contribution in [1.29, 1.82) is 0 Å². The highest BCUT2D eigenvalue weighted by atomic mass is 16.3. The van der Waals surface area contributed by atoms with Crippen molar-refractivity contribution in [3.8, 4) is 56.4 Å². The molecular weight excluding hydrogens is 665 g/mol. The van der Waals surface area contributed by atoms with Crippen molar-refractivity contribution in [3.05, 3.63) is 183 Å². The molecule has 0 aliphatic heterocycles. The van der Waals surface area contributed by atoms with E-state index in [0.717, 1.165) is 100 Å². The maximum Gasteiger partial charge on any atom is 0.144 e. The van der Waals surface area contributed by atoms with Crippen LogP contribution in [-0.4, -0.2) is 19.1 Å². The molecule has 0 bridgehead atoms. The number of imidazole rings is 2. The smallest absolute Gasteiger partial charge is 0.144 e. The van der Waals surface area contributed by atoms with E-state index < -0.39 is 0 Å². The highest BCUT2D eigenvalue weighted by Gasteiger charge is 2.15. The molecule has 0 unspecified atom stereocenters. The van der Waals surface area contributed by atoms with Crippen LogP contribution in [0.3, 0.4) is 0 Å². The van der Waals surface area contributed by atoms with Crippen LogP contribution in [0.15, 0.2) is 191 Å². The number of aromatic nitrogens is 4. The van der Waals surface area contributed by atoms with Gasteiger partial charge in [0.2, 0.25) is 0 Å². The molecule has 54 heavy (non-hydrogen) atoms. The Morgan fingerprint density at radius 3 is 1.19 bits per heavy atom. The van der Waals surface area contributed by atoms with Crippen molar-refractivity contribution in [2.75, 3.05) is 0 Å². The first-order chi connectivity index (χ1) is 26.7. The predicted octanol–water partition coefficient (Wildman–Crippen LogP) is 12.5. The van der Waals surface area contributed by atoms with Gasteiger partial charge in [-0.2, -0.15) is 0 Å². The first-order valence-electron chi connectivity index (χ1n) is 18.0. The summed E-state index contributed by atoms with van der Waals surface area (Å²) in [6, 6.07) is 54.8. The molecule has 6 heteroatoms. The van der Waals surface area contributed by atoms with E-state index in [-0.39, 0.29) is 0 Å². The van der Waals surface area contributed by atoms with Gasteiger partial charge in [-0.3, -0.25) is 9.13 Å². The van der Waals surface area contributed by atoms with E-state index in [1.807, 2.05) is 61.2 Å². The molecule has 0 saturated heterocycles. The SMILES string of the molecule is c1ccc(-c2nccn2-c2ccc3oc4ccc(-c5cccc(-c6ccc7oc8ccc(-n9ccnc9-c9ccccc9)cc8c7c6)c5)cc4c3c2)cc1. The number of hydrogen-bond donors (Lipinski definition) is 0. The zero-order valence-electron chi connectivity index (χ0n) is 28.9. The van der Waals surface area contributed by atoms with Crippen LogP contribution in [0, 0.1) is 0 Å². The lowest BCUT2D eigenvalue weighted by Gasteiger charge is -2.09. The van der Waals surface area contributed by atoms with Crippen LogP contribution < -0.4 is 0 Å². The van der Waals surface area contributed by atoms with E-state index in [4.69, 9.17) is 8.83 Å². The summed E-state index contributed by atoms with van der Waals surface area (Å²) in [5, 5.41) is 4.28. The topological polar surface area (TPSA) is 61.9 Å². The zero-order valence-corrected chi connectivity index (χ0v) is 28.9. The van der Waals surface area contributed by atoms with E-state index in [2.05, 4.69) is 140 Å². The fraction of sp³-hybridized carbons (Fsp3) is 0. The molecule has 0 spiro atoms. The Morgan fingerprint density at radius 2 is 0.722 bits per heavy atom. The third-order valence-corrected chi connectivity index (χ3v) is 10.3. The van der Waals surface area contributed by atoms with Crippen molar-refractivity contribution in [2.24, 2.45) is 0 Å². The average Bonchev–Trinajstić information content (AvgIpc) is 4.06. The minimum absolute atomic E-state index is 0.856. The largest absolute Gasteiger partial charge is 0.456 e. The number of benzene rings is 7. The summed E-state index contributed by atoms with van der Waals surface area (Å²) in [5.41, 5.74) is 12.1. The highest BCUT2D eigenvalue weighted by molar-refractivity contribution is 6.08. The number of hydrogen-bond acceptors (Lipinski definition) is 4. The second-order valence-corrected chi connectivity index (χ2v) is 13.5. The van der Waals surface area contributed by atoms with E-state index in [9.17, 15) is 0 Å². The third-order valence-electron chi connectivity index (χ3n) is 10.3. The summed E-state index contributed by atoms with van der Waals surface area (Å²) >= 11 is 0. The molecule has 11 rings (SSSR count). The van der Waals surface area contributed by atoms with Gasteiger partial charge in [-0.1, -0.05) is 91.0 Å². The monoisotopic (exact) mass is 694 g/mol. The molecule has 4 aromatic heterocycles. The lowest BCUT2D eigenvalue weighted by Crippen LogP contribution is -1.95. The lowest BCUT2D eigenvalue weighted by molar-refractivity contribution is 0.668. The predicted molar refractivity (Wildman–Crippen MR) is 217 cm³/mol. The minimum Gasteiger partial charge on any atom is -0.456 e. The summed E-state index contributed by atoms with van der Waals surface area (Å²) in [4.78, 5) is 9.33. The number of rotatable bonds is 6. The van der Waals surface area contributed by atoms with Gasteiger partial charge in [0.05, 0.1) is 0 Å². The molecule has 6 nitrogen and oxygen atoms in total. The van der Waals surface area contributed by atoms with E-state index >= 15 is 0 Å². The molecule has 0 aliphatic rings. The fourth-order valence-electron chi connectivity index (χ4n) is 7.69. The van der Waals surface area contributed by atoms with Crippen LogP contribution in [0.25, 0.3) is 100 Å². The van der Waals surface area contributed by atoms with Crippen molar-refractivity contribution < 1.29 is 8.83 Å². The Bertz CT molecular complexity index is 2960. The third kappa shape index (κ3) is 4.96. The summed E-state index contributed by atoms with van der Waals surface area (Å²) in [6.45, 7) is 0. The van der Waals surface area contributed by atoms with Crippen molar-refractivity contribution >= 4 is 43.9 Å². The number of fused-ring (bicyclic) bond motifs is 6. The second-order valence-electron chi connectivity index (χ2n) is 13.5. The van der Waals surface area contributed by atoms with Crippen molar-refractivity contribution in [1.82, 2.24) is 19.1 Å². The molecule has 0 saturated carbocycles. The van der Waals surface area contributed by atoms with Crippen molar-refractivity contribution in [2.45, 2.75) is 0 Å². The normalized spacial score (nSPS) is 11.7. The van der Waals surface area contributed by atoms with Gasteiger partial charge in [0.25, 0.3) is 0 Å².